The van der Waals surface area contributed by atoms with Crippen LogP contribution in [0.25, 0.3) is 0 Å². The Labute approximate surface area is 48.0 Å². The van der Waals surface area contributed by atoms with Gasteiger partial charge in [-0.3, -0.25) is 0 Å². The van der Waals surface area contributed by atoms with Crippen LogP contribution in [0.5, 0.6) is 0 Å². The molecule has 7 heavy (non-hydrogen) atoms. The maximum absolute atomic E-state index is 8.96. The second-order valence-electron chi connectivity index (χ2n) is 1.20. The summed E-state index contributed by atoms with van der Waals surface area (Å²) in [7, 11) is -0.167. The lowest BCUT2D eigenvalue weighted by molar-refractivity contribution is -0.149. The van der Waals surface area contributed by atoms with Crippen LogP contribution < -0.4 is 4.89 Å². The molecule has 0 bridgehead atoms. The van der Waals surface area contributed by atoms with Crippen LogP contribution in [0.15, 0.2) is 0 Å². The van der Waals surface area contributed by atoms with Gasteiger partial charge in [0.15, 0.2) is 0 Å². The van der Waals surface area contributed by atoms with Crippen molar-refractivity contribution in [3.8, 4) is 0 Å². The molecule has 0 aromatic heterocycles. The predicted molar refractivity (Wildman–Crippen MR) is 34.8 cm³/mol. The lowest BCUT2D eigenvalue weighted by Crippen LogP contribution is -1.71. The minimum atomic E-state index is -0.167. The standard InChI is InChI=1S/C4H10.CH4OP/c1-3-4-2;1-3-2/h3-4H2,1-2H3;3H,1H3/q;-1. The van der Waals surface area contributed by atoms with E-state index in [4.69, 9.17) is 4.89 Å². The minimum absolute atomic E-state index is 0.167. The summed E-state index contributed by atoms with van der Waals surface area (Å²) in [5.74, 6) is 0. The summed E-state index contributed by atoms with van der Waals surface area (Å²) >= 11 is 0. The van der Waals surface area contributed by atoms with E-state index < -0.39 is 0 Å². The van der Waals surface area contributed by atoms with Crippen molar-refractivity contribution in [2.75, 3.05) is 6.66 Å². The van der Waals surface area contributed by atoms with Gasteiger partial charge in [-0.2, -0.15) is 0 Å². The molecular formula is C5H14OP-. The third kappa shape index (κ3) is 63.7. The van der Waals surface area contributed by atoms with Crippen molar-refractivity contribution >= 4 is 8.81 Å². The molecule has 0 aromatic carbocycles. The maximum Gasteiger partial charge on any atom is -0.0564 e. The fraction of sp³-hybridized carbons (Fsp3) is 1.00. The molecule has 0 fully saturated rings. The molecule has 2 heteroatoms. The van der Waals surface area contributed by atoms with Crippen molar-refractivity contribution in [2.24, 2.45) is 0 Å². The Kier molecular flexibility index (Phi) is 24.0. The summed E-state index contributed by atoms with van der Waals surface area (Å²) in [6, 6.07) is 0. The smallest absolute Gasteiger partial charge is 0.0564 e. The van der Waals surface area contributed by atoms with Gasteiger partial charge >= 0.3 is 0 Å². The monoisotopic (exact) mass is 121 g/mol. The zero-order valence-corrected chi connectivity index (χ0v) is 6.32. The third-order valence-electron chi connectivity index (χ3n) is 0.500. The second kappa shape index (κ2) is 16.2. The minimum Gasteiger partial charge on any atom is -0.832 e. The molecule has 46 valence electrons. The van der Waals surface area contributed by atoms with Gasteiger partial charge in [-0.25, -0.2) is 8.81 Å². The van der Waals surface area contributed by atoms with Gasteiger partial charge in [0.25, 0.3) is 0 Å². The van der Waals surface area contributed by atoms with Gasteiger partial charge in [-0.15, -0.1) is 0 Å². The SMILES string of the molecule is CCCC.CP[O-]. The zero-order valence-electron chi connectivity index (χ0n) is 5.32. The maximum atomic E-state index is 8.96. The molecule has 0 aromatic rings. The Morgan fingerprint density at radius 1 is 1.29 bits per heavy atom. The number of hydrogen-bond donors (Lipinski definition) is 0. The van der Waals surface area contributed by atoms with E-state index in [-0.39, 0.29) is 8.81 Å². The summed E-state index contributed by atoms with van der Waals surface area (Å²) < 4.78 is 0. The molecule has 0 saturated carbocycles. The van der Waals surface area contributed by atoms with Crippen molar-refractivity contribution < 1.29 is 4.89 Å². The second-order valence-corrected chi connectivity index (χ2v) is 1.61. The molecule has 1 unspecified atom stereocenters. The summed E-state index contributed by atoms with van der Waals surface area (Å²) in [6.45, 7) is 5.96. The molecule has 1 atom stereocenters. The van der Waals surface area contributed by atoms with Gasteiger partial charge in [-0.1, -0.05) is 33.4 Å². The van der Waals surface area contributed by atoms with E-state index >= 15 is 0 Å². The molecular weight excluding hydrogens is 107 g/mol. The average molecular weight is 121 g/mol. The summed E-state index contributed by atoms with van der Waals surface area (Å²) in [6.07, 6.45) is 2.64. The molecule has 0 N–H and O–H groups in total. The van der Waals surface area contributed by atoms with Crippen LogP contribution >= 0.6 is 8.81 Å². The van der Waals surface area contributed by atoms with Gasteiger partial charge in [0.1, 0.15) is 0 Å². The largest absolute Gasteiger partial charge is 0.832 e. The summed E-state index contributed by atoms with van der Waals surface area (Å²) in [5, 5.41) is 0. The highest BCUT2D eigenvalue weighted by atomic mass is 31.1. The van der Waals surface area contributed by atoms with Crippen LogP contribution in [-0.2, 0) is 0 Å². The van der Waals surface area contributed by atoms with E-state index in [1.165, 1.54) is 12.8 Å². The molecule has 0 rings (SSSR count). The molecule has 0 aliphatic carbocycles. The number of hydrogen-bond acceptors (Lipinski definition) is 1. The van der Waals surface area contributed by atoms with Crippen molar-refractivity contribution in [1.29, 1.82) is 0 Å². The van der Waals surface area contributed by atoms with Crippen LogP contribution in [-0.4, -0.2) is 6.66 Å². The van der Waals surface area contributed by atoms with Crippen LogP contribution in [0.4, 0.5) is 0 Å². The third-order valence-corrected chi connectivity index (χ3v) is 0.500. The highest BCUT2D eigenvalue weighted by Gasteiger charge is 1.56. The van der Waals surface area contributed by atoms with E-state index in [0.29, 0.717) is 0 Å². The Morgan fingerprint density at radius 2 is 1.43 bits per heavy atom. The lowest BCUT2D eigenvalue weighted by Gasteiger charge is -1.81. The molecule has 0 radical (unpaired) electrons. The fourth-order valence-corrected chi connectivity index (χ4v) is 0. The summed E-state index contributed by atoms with van der Waals surface area (Å²) in [5.41, 5.74) is 0. The van der Waals surface area contributed by atoms with Crippen LogP contribution in [0, 0.1) is 0 Å². The van der Waals surface area contributed by atoms with Crippen LogP contribution in [0.1, 0.15) is 26.7 Å². The Bertz CT molecular complexity index is 15.6. The molecule has 0 heterocycles. The first-order valence-electron chi connectivity index (χ1n) is 2.62. The summed E-state index contributed by atoms with van der Waals surface area (Å²) in [4.78, 5) is 8.96. The topological polar surface area (TPSA) is 23.1 Å². The van der Waals surface area contributed by atoms with Crippen molar-refractivity contribution in [3.05, 3.63) is 0 Å². The van der Waals surface area contributed by atoms with E-state index in [9.17, 15) is 0 Å². The van der Waals surface area contributed by atoms with Crippen LogP contribution in [0.3, 0.4) is 0 Å². The molecule has 0 aliphatic rings. The van der Waals surface area contributed by atoms with Gasteiger partial charge < -0.3 is 4.89 Å². The molecule has 0 saturated heterocycles. The van der Waals surface area contributed by atoms with E-state index in [2.05, 4.69) is 13.8 Å². The number of rotatable bonds is 1. The van der Waals surface area contributed by atoms with Crippen molar-refractivity contribution in [1.82, 2.24) is 0 Å². The molecule has 0 aliphatic heterocycles. The van der Waals surface area contributed by atoms with Gasteiger partial charge in [-0.05, 0) is 0 Å². The lowest BCUT2D eigenvalue weighted by atomic mass is 10.4. The quantitative estimate of drug-likeness (QED) is 0.480. The van der Waals surface area contributed by atoms with E-state index in [0.717, 1.165) is 0 Å². The number of unbranched alkanes of at least 4 members (excludes halogenated alkanes) is 1. The van der Waals surface area contributed by atoms with E-state index in [1.54, 1.807) is 6.66 Å². The van der Waals surface area contributed by atoms with Crippen molar-refractivity contribution in [3.63, 3.8) is 0 Å². The Balaban J connectivity index is 0. The van der Waals surface area contributed by atoms with Crippen LogP contribution in [0.2, 0.25) is 0 Å². The van der Waals surface area contributed by atoms with E-state index in [1.807, 2.05) is 0 Å². The normalized spacial score (nSPS) is 8.57. The highest BCUT2D eigenvalue weighted by Crippen LogP contribution is 1.76. The molecule has 0 amide bonds. The first kappa shape index (κ1) is 10.4. The molecule has 1 nitrogen and oxygen atoms in total. The Morgan fingerprint density at radius 3 is 1.43 bits per heavy atom. The fourth-order valence-electron chi connectivity index (χ4n) is 0. The highest BCUT2D eigenvalue weighted by molar-refractivity contribution is 7.28. The van der Waals surface area contributed by atoms with Crippen molar-refractivity contribution in [2.45, 2.75) is 26.7 Å². The molecule has 0 spiro atoms. The van der Waals surface area contributed by atoms with Gasteiger partial charge in [0.2, 0.25) is 0 Å². The Hall–Kier alpha value is 0.390. The van der Waals surface area contributed by atoms with Gasteiger partial charge in [0.05, 0.1) is 0 Å². The first-order valence-corrected chi connectivity index (χ1v) is 4.03. The predicted octanol–water partition coefficient (Wildman–Crippen LogP) is 1.38. The zero-order chi connectivity index (χ0) is 6.12. The van der Waals surface area contributed by atoms with Gasteiger partial charge in [0, 0.05) is 0 Å². The first-order chi connectivity index (χ1) is 3.33. The average Bonchev–Trinajstić information content (AvgIpc) is 1.69.